The molecule has 3 N–H and O–H groups in total. The van der Waals surface area contributed by atoms with Gasteiger partial charge in [0.25, 0.3) is 0 Å². The highest BCUT2D eigenvalue weighted by atomic mass is 127. The molecule has 1 unspecified atom stereocenters. The van der Waals surface area contributed by atoms with Gasteiger partial charge in [-0.3, -0.25) is 4.99 Å². The van der Waals surface area contributed by atoms with Crippen LogP contribution in [0.1, 0.15) is 12.0 Å². The number of methoxy groups -OCH3 is 1. The minimum atomic E-state index is -0.827. The normalized spacial score (nSPS) is 16.8. The molecule has 0 radical (unpaired) electrons. The maximum atomic E-state index is 13.4. The van der Waals surface area contributed by atoms with Gasteiger partial charge in [-0.15, -0.1) is 24.0 Å². The number of nitrogens with zero attached hydrogens (tertiary/aromatic N) is 2. The van der Waals surface area contributed by atoms with Crippen molar-refractivity contribution in [2.24, 2.45) is 16.6 Å². The molecule has 2 aromatic rings. The van der Waals surface area contributed by atoms with E-state index >= 15 is 0 Å². The van der Waals surface area contributed by atoms with Crippen molar-refractivity contribution in [2.45, 2.75) is 13.0 Å². The molecule has 0 saturated carbocycles. The second-order valence-electron chi connectivity index (χ2n) is 6.64. The third-order valence-corrected chi connectivity index (χ3v) is 4.65. The standard InChI is InChI=1S/C20H24F2N4O.HI/c1-27-13-15-4-2-3-5-19(15)25-20(23)24-11-14-8-9-26(12-14)16-6-7-17(21)18(22)10-16;/h2-7,10,14H,8-9,11-13H2,1H3,(H3,23,24,25);1H. The van der Waals surface area contributed by atoms with Crippen LogP contribution < -0.4 is 16.0 Å². The number of nitrogens with one attached hydrogen (secondary N) is 1. The summed E-state index contributed by atoms with van der Waals surface area (Å²) < 4.78 is 31.7. The van der Waals surface area contributed by atoms with E-state index in [4.69, 9.17) is 10.5 Å². The van der Waals surface area contributed by atoms with Gasteiger partial charge >= 0.3 is 0 Å². The molecule has 1 fully saturated rings. The van der Waals surface area contributed by atoms with E-state index in [1.165, 1.54) is 6.07 Å². The van der Waals surface area contributed by atoms with E-state index in [-0.39, 0.29) is 24.0 Å². The maximum absolute atomic E-state index is 13.4. The molecule has 1 atom stereocenters. The lowest BCUT2D eigenvalue weighted by Crippen LogP contribution is -2.25. The van der Waals surface area contributed by atoms with Crippen LogP contribution in [0, 0.1) is 17.6 Å². The molecule has 5 nitrogen and oxygen atoms in total. The van der Waals surface area contributed by atoms with Crippen LogP contribution >= 0.6 is 24.0 Å². The number of nitrogens with two attached hydrogens (primary N) is 1. The van der Waals surface area contributed by atoms with Crippen molar-refractivity contribution >= 4 is 41.3 Å². The smallest absolute Gasteiger partial charge is 0.193 e. The fraction of sp³-hybridized carbons (Fsp3) is 0.350. The summed E-state index contributed by atoms with van der Waals surface area (Å²) in [4.78, 5) is 6.49. The number of ether oxygens (including phenoxy) is 1. The van der Waals surface area contributed by atoms with E-state index in [2.05, 4.69) is 10.3 Å². The summed E-state index contributed by atoms with van der Waals surface area (Å²) in [5, 5.41) is 3.12. The fourth-order valence-corrected chi connectivity index (χ4v) is 3.23. The summed E-state index contributed by atoms with van der Waals surface area (Å²) in [5.41, 5.74) is 8.59. The maximum Gasteiger partial charge on any atom is 0.193 e. The molecule has 1 aliphatic heterocycles. The molecule has 152 valence electrons. The van der Waals surface area contributed by atoms with Crippen LogP contribution in [-0.2, 0) is 11.3 Å². The monoisotopic (exact) mass is 502 g/mol. The average Bonchev–Trinajstić information content (AvgIpc) is 3.13. The number of benzene rings is 2. The molecule has 0 spiro atoms. The number of hydrogen-bond acceptors (Lipinski definition) is 3. The number of aliphatic imine (C=N–C) groups is 1. The highest BCUT2D eigenvalue weighted by Gasteiger charge is 2.23. The van der Waals surface area contributed by atoms with Crippen molar-refractivity contribution in [3.05, 3.63) is 59.7 Å². The molecular weight excluding hydrogens is 477 g/mol. The van der Waals surface area contributed by atoms with Gasteiger partial charge in [-0.25, -0.2) is 8.78 Å². The Bertz CT molecular complexity index is 819. The Kier molecular flexibility index (Phi) is 8.43. The van der Waals surface area contributed by atoms with Crippen LogP contribution in [0.3, 0.4) is 0 Å². The predicted octanol–water partition coefficient (Wildman–Crippen LogP) is 3.98. The van der Waals surface area contributed by atoms with Crippen LogP contribution in [0.25, 0.3) is 0 Å². The summed E-state index contributed by atoms with van der Waals surface area (Å²) in [5.74, 6) is -0.985. The van der Waals surface area contributed by atoms with Gasteiger partial charge in [0, 0.05) is 49.7 Å². The Hall–Kier alpha value is -1.94. The lowest BCUT2D eigenvalue weighted by Gasteiger charge is -2.18. The summed E-state index contributed by atoms with van der Waals surface area (Å²) >= 11 is 0. The molecule has 28 heavy (non-hydrogen) atoms. The molecule has 1 aliphatic rings. The van der Waals surface area contributed by atoms with E-state index in [0.717, 1.165) is 36.8 Å². The molecule has 1 heterocycles. The van der Waals surface area contributed by atoms with Crippen LogP contribution in [0.5, 0.6) is 0 Å². The van der Waals surface area contributed by atoms with E-state index in [1.807, 2.05) is 29.2 Å². The van der Waals surface area contributed by atoms with E-state index in [9.17, 15) is 8.78 Å². The molecule has 2 aromatic carbocycles. The van der Waals surface area contributed by atoms with Gasteiger partial charge in [0.05, 0.1) is 6.61 Å². The van der Waals surface area contributed by atoms with Gasteiger partial charge < -0.3 is 20.7 Å². The van der Waals surface area contributed by atoms with Crippen LogP contribution in [0.15, 0.2) is 47.5 Å². The topological polar surface area (TPSA) is 62.9 Å². The Morgan fingerprint density at radius 3 is 2.79 bits per heavy atom. The van der Waals surface area contributed by atoms with Crippen LogP contribution in [0.2, 0.25) is 0 Å². The quantitative estimate of drug-likeness (QED) is 0.357. The first-order valence-electron chi connectivity index (χ1n) is 8.90. The lowest BCUT2D eigenvalue weighted by atomic mass is 10.1. The minimum absolute atomic E-state index is 0. The zero-order valence-electron chi connectivity index (χ0n) is 15.7. The number of anilines is 2. The van der Waals surface area contributed by atoms with Crippen molar-refractivity contribution in [1.82, 2.24) is 0 Å². The number of halogens is 3. The summed E-state index contributed by atoms with van der Waals surface area (Å²) in [7, 11) is 1.65. The average molecular weight is 502 g/mol. The SMILES string of the molecule is COCc1ccccc1NC(N)=NCC1CCN(c2ccc(F)c(F)c2)C1.I. The van der Waals surface area contributed by atoms with Crippen molar-refractivity contribution in [3.8, 4) is 0 Å². The zero-order valence-corrected chi connectivity index (χ0v) is 18.0. The Labute approximate surface area is 181 Å². The molecule has 0 amide bonds. The second kappa shape index (κ2) is 10.6. The number of hydrogen-bond donors (Lipinski definition) is 2. The van der Waals surface area contributed by atoms with Gasteiger partial charge in [-0.05, 0) is 30.5 Å². The largest absolute Gasteiger partial charge is 0.380 e. The van der Waals surface area contributed by atoms with Crippen molar-refractivity contribution in [2.75, 3.05) is 37.0 Å². The van der Waals surface area contributed by atoms with Crippen molar-refractivity contribution < 1.29 is 13.5 Å². The summed E-state index contributed by atoms with van der Waals surface area (Å²) in [6.45, 7) is 2.59. The van der Waals surface area contributed by atoms with Crippen molar-refractivity contribution in [3.63, 3.8) is 0 Å². The van der Waals surface area contributed by atoms with Crippen LogP contribution in [-0.4, -0.2) is 32.7 Å². The Balaban J connectivity index is 0.00000280. The first-order valence-corrected chi connectivity index (χ1v) is 8.90. The predicted molar refractivity (Wildman–Crippen MR) is 119 cm³/mol. The fourth-order valence-electron chi connectivity index (χ4n) is 3.23. The molecule has 0 aliphatic carbocycles. The first kappa shape index (κ1) is 22.4. The Morgan fingerprint density at radius 1 is 1.25 bits per heavy atom. The highest BCUT2D eigenvalue weighted by Crippen LogP contribution is 2.25. The Morgan fingerprint density at radius 2 is 2.04 bits per heavy atom. The molecule has 1 saturated heterocycles. The van der Waals surface area contributed by atoms with Crippen molar-refractivity contribution in [1.29, 1.82) is 0 Å². The summed E-state index contributed by atoms with van der Waals surface area (Å²) in [6, 6.07) is 11.8. The highest BCUT2D eigenvalue weighted by molar-refractivity contribution is 14.0. The van der Waals surface area contributed by atoms with Gasteiger partial charge in [0.2, 0.25) is 0 Å². The molecule has 0 aromatic heterocycles. The van der Waals surface area contributed by atoms with Gasteiger partial charge in [-0.1, -0.05) is 18.2 Å². The number of rotatable bonds is 6. The molecule has 0 bridgehead atoms. The number of guanidine groups is 1. The number of para-hydroxylation sites is 1. The summed E-state index contributed by atoms with van der Waals surface area (Å²) in [6.07, 6.45) is 0.927. The van der Waals surface area contributed by atoms with E-state index in [1.54, 1.807) is 13.2 Å². The second-order valence-corrected chi connectivity index (χ2v) is 6.64. The van der Waals surface area contributed by atoms with Gasteiger partial charge in [-0.2, -0.15) is 0 Å². The first-order chi connectivity index (χ1) is 13.1. The van der Waals surface area contributed by atoms with E-state index < -0.39 is 11.6 Å². The zero-order chi connectivity index (χ0) is 19.2. The van der Waals surface area contributed by atoms with Gasteiger partial charge in [0.1, 0.15) is 0 Å². The molecule has 3 rings (SSSR count). The third-order valence-electron chi connectivity index (χ3n) is 4.65. The lowest BCUT2D eigenvalue weighted by molar-refractivity contribution is 0.185. The molecule has 8 heteroatoms. The third kappa shape index (κ3) is 5.78. The van der Waals surface area contributed by atoms with Gasteiger partial charge in [0.15, 0.2) is 17.6 Å². The van der Waals surface area contributed by atoms with E-state index in [0.29, 0.717) is 30.7 Å². The minimum Gasteiger partial charge on any atom is -0.380 e. The van der Waals surface area contributed by atoms with Crippen LogP contribution in [0.4, 0.5) is 20.2 Å². The molecular formula is C20H25F2IN4O.